The molecule has 5 rings (SSSR count). The van der Waals surface area contributed by atoms with E-state index in [2.05, 4.69) is 18.7 Å². The van der Waals surface area contributed by atoms with Crippen molar-refractivity contribution in [2.45, 2.75) is 64.6 Å². The molecule has 6 nitrogen and oxygen atoms in total. The molecule has 2 aliphatic heterocycles. The van der Waals surface area contributed by atoms with Crippen molar-refractivity contribution < 1.29 is 14.6 Å². The van der Waals surface area contributed by atoms with Crippen LogP contribution in [0.1, 0.15) is 65.8 Å². The van der Waals surface area contributed by atoms with Crippen LogP contribution in [0, 0.1) is 25.2 Å². The zero-order valence-corrected chi connectivity index (χ0v) is 17.4. The Hall–Kier alpha value is -1.66. The molecule has 1 aromatic rings. The number of aliphatic hydroxyl groups excluding tert-OH is 1. The number of fused-ring (bicyclic) bond motifs is 2. The van der Waals surface area contributed by atoms with Crippen LogP contribution in [0.3, 0.4) is 0 Å². The Morgan fingerprint density at radius 3 is 2.71 bits per heavy atom. The highest BCUT2D eigenvalue weighted by molar-refractivity contribution is 6.00. The highest BCUT2D eigenvalue weighted by Crippen LogP contribution is 2.50. The Labute approximate surface area is 166 Å². The molecule has 0 radical (unpaired) electrons. The highest BCUT2D eigenvalue weighted by Gasteiger charge is 2.52. The number of carbonyl (C=O) groups excluding carboxylic acids is 1. The van der Waals surface area contributed by atoms with Crippen molar-refractivity contribution in [1.29, 1.82) is 0 Å². The highest BCUT2D eigenvalue weighted by atomic mass is 16.5. The summed E-state index contributed by atoms with van der Waals surface area (Å²) in [6.45, 7) is 8.17. The number of piperidine rings is 1. The van der Waals surface area contributed by atoms with Crippen LogP contribution in [-0.4, -0.2) is 59.8 Å². The van der Waals surface area contributed by atoms with Gasteiger partial charge in [-0.05, 0) is 56.1 Å². The second-order valence-electron chi connectivity index (χ2n) is 9.67. The molecule has 6 heteroatoms. The summed E-state index contributed by atoms with van der Waals surface area (Å²) < 4.78 is 6.31. The van der Waals surface area contributed by atoms with Gasteiger partial charge < -0.3 is 19.6 Å². The van der Waals surface area contributed by atoms with Gasteiger partial charge in [0.05, 0.1) is 36.6 Å². The number of hydrogen-bond donors (Lipinski definition) is 1. The second kappa shape index (κ2) is 6.17. The van der Waals surface area contributed by atoms with E-state index in [1.165, 1.54) is 19.3 Å². The maximum Gasteiger partial charge on any atom is 0.256 e. The molecule has 1 amide bonds. The zero-order chi connectivity index (χ0) is 19.8. The Balaban J connectivity index is 1.39. The van der Waals surface area contributed by atoms with E-state index < -0.39 is 0 Å². The molecule has 0 aromatic carbocycles. The number of nitrogens with zero attached hydrogens (tertiary/aromatic N) is 3. The van der Waals surface area contributed by atoms with E-state index >= 15 is 0 Å². The summed E-state index contributed by atoms with van der Waals surface area (Å²) in [4.78, 5) is 21.6. The molecule has 3 unspecified atom stereocenters. The predicted octanol–water partition coefficient (Wildman–Crippen LogP) is 2.60. The Bertz CT molecular complexity index is 835. The van der Waals surface area contributed by atoms with Gasteiger partial charge in [0.1, 0.15) is 5.82 Å². The number of aromatic nitrogens is 1. The topological polar surface area (TPSA) is 65.9 Å². The maximum atomic E-state index is 12.6. The first kappa shape index (κ1) is 18.4. The summed E-state index contributed by atoms with van der Waals surface area (Å²) in [5.74, 6) is 1.57. The van der Waals surface area contributed by atoms with E-state index in [0.717, 1.165) is 42.2 Å². The van der Waals surface area contributed by atoms with Gasteiger partial charge in [0.2, 0.25) is 0 Å². The zero-order valence-electron chi connectivity index (χ0n) is 17.4. The van der Waals surface area contributed by atoms with E-state index in [-0.39, 0.29) is 18.6 Å². The Kier molecular flexibility index (Phi) is 4.05. The smallest absolute Gasteiger partial charge is 0.256 e. The number of ether oxygens (including phenoxy) is 1. The maximum absolute atomic E-state index is 12.6. The van der Waals surface area contributed by atoms with E-state index in [0.29, 0.717) is 29.0 Å². The summed E-state index contributed by atoms with van der Waals surface area (Å²) >= 11 is 0. The van der Waals surface area contributed by atoms with Crippen LogP contribution in [-0.2, 0) is 4.74 Å². The molecule has 152 valence electrons. The van der Waals surface area contributed by atoms with Crippen LogP contribution in [0.4, 0.5) is 5.82 Å². The van der Waals surface area contributed by atoms with E-state index in [9.17, 15) is 9.90 Å². The van der Waals surface area contributed by atoms with Crippen LogP contribution < -0.4 is 4.90 Å². The molecule has 1 saturated heterocycles. The van der Waals surface area contributed by atoms with Crippen LogP contribution in [0.2, 0.25) is 0 Å². The minimum absolute atomic E-state index is 0.0290. The lowest BCUT2D eigenvalue weighted by atomic mass is 10.00. The number of carbonyl (C=O) groups is 1. The molecule has 0 bridgehead atoms. The van der Waals surface area contributed by atoms with Gasteiger partial charge in [0.25, 0.3) is 5.91 Å². The first-order chi connectivity index (χ1) is 13.3. The third-order valence-electron chi connectivity index (χ3n) is 7.60. The second-order valence-corrected chi connectivity index (χ2v) is 9.67. The van der Waals surface area contributed by atoms with Gasteiger partial charge in [-0.25, -0.2) is 4.98 Å². The van der Waals surface area contributed by atoms with Gasteiger partial charge in [-0.15, -0.1) is 0 Å². The fraction of sp³-hybridized carbons (Fsp3) is 0.727. The first-order valence-corrected chi connectivity index (χ1v) is 10.6. The Morgan fingerprint density at radius 2 is 2.04 bits per heavy atom. The standard InChI is InChI=1S/C22H31N3O3/c1-12-13(2)20(23-19-16(10-26)24(4)21(27)18(12)19)25-8-5-17(14-9-15(14)25)28-11-22(3)6-7-22/h14-17,26H,5-11H2,1-4H3/t14-,15?,16?,17?/m0/s1. The quantitative estimate of drug-likeness (QED) is 0.844. The van der Waals surface area contributed by atoms with Crippen molar-refractivity contribution in [3.63, 3.8) is 0 Å². The van der Waals surface area contributed by atoms with E-state index in [1.54, 1.807) is 11.9 Å². The fourth-order valence-corrected chi connectivity index (χ4v) is 5.04. The molecule has 2 saturated carbocycles. The first-order valence-electron chi connectivity index (χ1n) is 10.6. The van der Waals surface area contributed by atoms with Crippen molar-refractivity contribution in [2.75, 3.05) is 31.7 Å². The number of hydrogen-bond acceptors (Lipinski definition) is 5. The van der Waals surface area contributed by atoms with Crippen molar-refractivity contribution >= 4 is 11.7 Å². The van der Waals surface area contributed by atoms with Crippen LogP contribution in [0.25, 0.3) is 0 Å². The van der Waals surface area contributed by atoms with Gasteiger partial charge in [0, 0.05) is 25.6 Å². The fourth-order valence-electron chi connectivity index (χ4n) is 5.04. The number of aliphatic hydroxyl groups is 1. The number of rotatable bonds is 5. The molecule has 2 aliphatic carbocycles. The summed E-state index contributed by atoms with van der Waals surface area (Å²) in [5, 5.41) is 9.82. The average Bonchev–Trinajstić information content (AvgIpc) is 3.58. The lowest BCUT2D eigenvalue weighted by molar-refractivity contribution is 0.00311. The molecule has 28 heavy (non-hydrogen) atoms. The lowest BCUT2D eigenvalue weighted by Crippen LogP contribution is -2.40. The summed E-state index contributed by atoms with van der Waals surface area (Å²) in [6, 6.07) is 0.160. The molecular formula is C22H31N3O3. The summed E-state index contributed by atoms with van der Waals surface area (Å²) in [6.07, 6.45) is 5.19. The van der Waals surface area contributed by atoms with Gasteiger partial charge in [-0.2, -0.15) is 0 Å². The molecule has 3 fully saturated rings. The largest absolute Gasteiger partial charge is 0.394 e. The van der Waals surface area contributed by atoms with E-state index in [4.69, 9.17) is 9.72 Å². The van der Waals surface area contributed by atoms with Gasteiger partial charge >= 0.3 is 0 Å². The molecule has 4 atom stereocenters. The lowest BCUT2D eigenvalue weighted by Gasteiger charge is -2.34. The van der Waals surface area contributed by atoms with Crippen molar-refractivity contribution in [3.8, 4) is 0 Å². The van der Waals surface area contributed by atoms with Crippen molar-refractivity contribution in [3.05, 3.63) is 22.4 Å². The number of anilines is 1. The number of likely N-dealkylation sites (N-methyl/N-ethyl adjacent to an activating group) is 1. The summed E-state index contributed by atoms with van der Waals surface area (Å²) in [5.41, 5.74) is 3.96. The molecular weight excluding hydrogens is 354 g/mol. The molecule has 1 N–H and O–H groups in total. The van der Waals surface area contributed by atoms with Crippen LogP contribution in [0.5, 0.6) is 0 Å². The minimum atomic E-state index is -0.337. The third kappa shape index (κ3) is 2.68. The molecule has 3 heterocycles. The van der Waals surface area contributed by atoms with Crippen LogP contribution in [0.15, 0.2) is 0 Å². The van der Waals surface area contributed by atoms with Crippen molar-refractivity contribution in [2.24, 2.45) is 11.3 Å². The minimum Gasteiger partial charge on any atom is -0.394 e. The molecule has 4 aliphatic rings. The monoisotopic (exact) mass is 385 g/mol. The average molecular weight is 386 g/mol. The third-order valence-corrected chi connectivity index (χ3v) is 7.60. The molecule has 1 aromatic heterocycles. The SMILES string of the molecule is Cc1c(N2CCC(OCC3(C)CC3)[C@H]3CC32)nc2c(c1C)C(=O)N(C)C2CO. The van der Waals surface area contributed by atoms with Gasteiger partial charge in [-0.1, -0.05) is 6.92 Å². The van der Waals surface area contributed by atoms with Crippen LogP contribution >= 0.6 is 0 Å². The molecule has 0 spiro atoms. The van der Waals surface area contributed by atoms with E-state index in [1.807, 2.05) is 6.92 Å². The van der Waals surface area contributed by atoms with Crippen molar-refractivity contribution in [1.82, 2.24) is 9.88 Å². The normalized spacial score (nSPS) is 32.4. The van der Waals surface area contributed by atoms with Gasteiger partial charge in [0.15, 0.2) is 0 Å². The number of amides is 1. The number of pyridine rings is 1. The summed E-state index contributed by atoms with van der Waals surface area (Å²) in [7, 11) is 1.75. The Morgan fingerprint density at radius 1 is 1.29 bits per heavy atom. The predicted molar refractivity (Wildman–Crippen MR) is 107 cm³/mol. The van der Waals surface area contributed by atoms with Gasteiger partial charge in [-0.3, -0.25) is 4.79 Å².